The van der Waals surface area contributed by atoms with Gasteiger partial charge in [-0.25, -0.2) is 0 Å². The van der Waals surface area contributed by atoms with E-state index < -0.39 is 17.9 Å². The minimum absolute atomic E-state index is 0.256. The summed E-state index contributed by atoms with van der Waals surface area (Å²) >= 11 is 0. The van der Waals surface area contributed by atoms with Gasteiger partial charge in [0, 0.05) is 25.3 Å². The van der Waals surface area contributed by atoms with Crippen LogP contribution >= 0.6 is 0 Å². The molecular weight excluding hydrogens is 234 g/mol. The Bertz CT molecular complexity index is 527. The van der Waals surface area contributed by atoms with E-state index in [0.29, 0.717) is 5.56 Å². The van der Waals surface area contributed by atoms with Crippen LogP contribution in [0.15, 0.2) is 24.3 Å². The molecule has 1 heterocycles. The molecule has 1 atom stereocenters. The van der Waals surface area contributed by atoms with E-state index in [1.165, 1.54) is 11.9 Å². The van der Waals surface area contributed by atoms with E-state index in [9.17, 15) is 14.4 Å². The standard InChI is InChI=1S/C12H13N3O3/c1-13-10(16)11(17)14-9-7-5-3-4-6-8(7)15(2)12(9)18/h3-6,9H,1-2H3,(H,13,16)(H,14,17)/t9-/m0/s1. The van der Waals surface area contributed by atoms with Crippen molar-refractivity contribution in [1.29, 1.82) is 0 Å². The zero-order valence-corrected chi connectivity index (χ0v) is 10.1. The molecule has 2 rings (SSSR count). The number of rotatable bonds is 1. The summed E-state index contributed by atoms with van der Waals surface area (Å²) < 4.78 is 0. The van der Waals surface area contributed by atoms with Crippen LogP contribution in [0.4, 0.5) is 5.69 Å². The Labute approximate surface area is 104 Å². The van der Waals surface area contributed by atoms with E-state index >= 15 is 0 Å². The highest BCUT2D eigenvalue weighted by Crippen LogP contribution is 2.34. The molecule has 94 valence electrons. The summed E-state index contributed by atoms with van der Waals surface area (Å²) in [5.41, 5.74) is 1.44. The number of hydrogen-bond acceptors (Lipinski definition) is 3. The van der Waals surface area contributed by atoms with Gasteiger partial charge < -0.3 is 15.5 Å². The summed E-state index contributed by atoms with van der Waals surface area (Å²) in [6.45, 7) is 0. The van der Waals surface area contributed by atoms with Gasteiger partial charge in [-0.15, -0.1) is 0 Å². The number of amides is 3. The average molecular weight is 247 g/mol. The van der Waals surface area contributed by atoms with E-state index in [0.717, 1.165) is 5.69 Å². The van der Waals surface area contributed by atoms with Gasteiger partial charge >= 0.3 is 11.8 Å². The molecule has 1 aromatic rings. The number of fused-ring (bicyclic) bond motifs is 1. The predicted octanol–water partition coefficient (Wildman–Crippen LogP) is -0.434. The van der Waals surface area contributed by atoms with Crippen molar-refractivity contribution in [2.75, 3.05) is 19.0 Å². The zero-order valence-electron chi connectivity index (χ0n) is 10.1. The van der Waals surface area contributed by atoms with Crippen LogP contribution in [0.5, 0.6) is 0 Å². The Morgan fingerprint density at radius 1 is 1.22 bits per heavy atom. The van der Waals surface area contributed by atoms with E-state index in [2.05, 4.69) is 10.6 Å². The average Bonchev–Trinajstić information content (AvgIpc) is 2.63. The van der Waals surface area contributed by atoms with Gasteiger partial charge in [0.05, 0.1) is 0 Å². The number of anilines is 1. The Morgan fingerprint density at radius 2 is 1.89 bits per heavy atom. The molecule has 0 aliphatic carbocycles. The second kappa shape index (κ2) is 4.48. The summed E-state index contributed by atoms with van der Waals surface area (Å²) in [4.78, 5) is 36.1. The molecule has 0 spiro atoms. The highest BCUT2D eigenvalue weighted by atomic mass is 16.2. The lowest BCUT2D eigenvalue weighted by Crippen LogP contribution is -2.43. The Morgan fingerprint density at radius 3 is 2.56 bits per heavy atom. The number of para-hydroxylation sites is 1. The first-order valence-electron chi connectivity index (χ1n) is 5.45. The molecule has 6 heteroatoms. The van der Waals surface area contributed by atoms with Crippen LogP contribution in [0.2, 0.25) is 0 Å². The van der Waals surface area contributed by atoms with Crippen LogP contribution in [-0.4, -0.2) is 31.8 Å². The molecule has 0 saturated carbocycles. The van der Waals surface area contributed by atoms with Crippen molar-refractivity contribution in [2.45, 2.75) is 6.04 Å². The van der Waals surface area contributed by atoms with Crippen molar-refractivity contribution in [3.8, 4) is 0 Å². The predicted molar refractivity (Wildman–Crippen MR) is 64.8 cm³/mol. The summed E-state index contributed by atoms with van der Waals surface area (Å²) in [6, 6.07) is 6.34. The fourth-order valence-corrected chi connectivity index (χ4v) is 1.93. The van der Waals surface area contributed by atoms with Gasteiger partial charge in [-0.1, -0.05) is 18.2 Å². The van der Waals surface area contributed by atoms with Gasteiger partial charge in [0.25, 0.3) is 5.91 Å². The van der Waals surface area contributed by atoms with E-state index in [1.807, 2.05) is 6.07 Å². The van der Waals surface area contributed by atoms with Crippen molar-refractivity contribution < 1.29 is 14.4 Å². The number of carbonyl (C=O) groups is 3. The maximum Gasteiger partial charge on any atom is 0.310 e. The maximum atomic E-state index is 12.0. The summed E-state index contributed by atoms with van der Waals surface area (Å²) in [7, 11) is 2.99. The molecule has 0 aromatic heterocycles. The molecule has 1 aliphatic heterocycles. The van der Waals surface area contributed by atoms with E-state index in [-0.39, 0.29) is 5.91 Å². The third-order valence-electron chi connectivity index (χ3n) is 2.90. The lowest BCUT2D eigenvalue weighted by atomic mass is 10.1. The second-order valence-electron chi connectivity index (χ2n) is 3.94. The van der Waals surface area contributed by atoms with E-state index in [4.69, 9.17) is 0 Å². The first-order chi connectivity index (χ1) is 8.56. The van der Waals surface area contributed by atoms with Gasteiger partial charge in [-0.3, -0.25) is 14.4 Å². The fourth-order valence-electron chi connectivity index (χ4n) is 1.93. The van der Waals surface area contributed by atoms with Gasteiger partial charge in [0.2, 0.25) is 0 Å². The van der Waals surface area contributed by atoms with Gasteiger partial charge in [-0.2, -0.15) is 0 Å². The summed E-state index contributed by atoms with van der Waals surface area (Å²) in [5.74, 6) is -1.84. The molecule has 6 nitrogen and oxygen atoms in total. The SMILES string of the molecule is CNC(=O)C(=O)N[C@@H]1C(=O)N(C)c2ccccc21. The topological polar surface area (TPSA) is 78.5 Å². The lowest BCUT2D eigenvalue weighted by molar-refractivity contribution is -0.140. The highest BCUT2D eigenvalue weighted by molar-refractivity contribution is 6.35. The smallest absolute Gasteiger partial charge is 0.310 e. The van der Waals surface area contributed by atoms with Gasteiger partial charge in [0.1, 0.15) is 6.04 Å². The fraction of sp³-hybridized carbons (Fsp3) is 0.250. The van der Waals surface area contributed by atoms with Crippen LogP contribution in [0.1, 0.15) is 11.6 Å². The van der Waals surface area contributed by atoms with Crippen LogP contribution in [-0.2, 0) is 14.4 Å². The zero-order chi connectivity index (χ0) is 13.3. The molecule has 1 aliphatic rings. The molecule has 18 heavy (non-hydrogen) atoms. The largest absolute Gasteiger partial charge is 0.351 e. The molecule has 0 fully saturated rings. The quantitative estimate of drug-likeness (QED) is 0.661. The molecule has 2 N–H and O–H groups in total. The molecule has 1 aromatic carbocycles. The summed E-state index contributed by atoms with van der Waals surface area (Å²) in [6.07, 6.45) is 0. The number of benzene rings is 1. The minimum atomic E-state index is -0.819. The van der Waals surface area contributed by atoms with Crippen molar-refractivity contribution >= 4 is 23.4 Å². The second-order valence-corrected chi connectivity index (χ2v) is 3.94. The Balaban J connectivity index is 2.27. The number of nitrogens with one attached hydrogen (secondary N) is 2. The number of likely N-dealkylation sites (N-methyl/N-ethyl adjacent to an activating group) is 2. The molecule has 0 radical (unpaired) electrons. The van der Waals surface area contributed by atoms with Crippen LogP contribution < -0.4 is 15.5 Å². The number of carbonyl (C=O) groups excluding carboxylic acids is 3. The normalized spacial score (nSPS) is 17.3. The maximum absolute atomic E-state index is 12.0. The van der Waals surface area contributed by atoms with Crippen LogP contribution in [0, 0.1) is 0 Å². The van der Waals surface area contributed by atoms with Gasteiger partial charge in [0.15, 0.2) is 0 Å². The minimum Gasteiger partial charge on any atom is -0.351 e. The number of hydrogen-bond donors (Lipinski definition) is 2. The Kier molecular flexibility index (Phi) is 3.01. The molecular formula is C12H13N3O3. The van der Waals surface area contributed by atoms with Crippen molar-refractivity contribution in [3.63, 3.8) is 0 Å². The van der Waals surface area contributed by atoms with Crippen molar-refractivity contribution in [1.82, 2.24) is 10.6 Å². The lowest BCUT2D eigenvalue weighted by Gasteiger charge is -2.12. The van der Waals surface area contributed by atoms with Crippen molar-refractivity contribution in [3.05, 3.63) is 29.8 Å². The molecule has 0 bridgehead atoms. The van der Waals surface area contributed by atoms with Crippen LogP contribution in [0.25, 0.3) is 0 Å². The van der Waals surface area contributed by atoms with E-state index in [1.54, 1.807) is 25.2 Å². The Hall–Kier alpha value is -2.37. The monoisotopic (exact) mass is 247 g/mol. The number of nitrogens with zero attached hydrogens (tertiary/aromatic N) is 1. The van der Waals surface area contributed by atoms with Gasteiger partial charge in [-0.05, 0) is 6.07 Å². The third-order valence-corrected chi connectivity index (χ3v) is 2.90. The first-order valence-corrected chi connectivity index (χ1v) is 5.45. The third kappa shape index (κ3) is 1.81. The molecule has 0 unspecified atom stereocenters. The summed E-state index contributed by atoms with van der Waals surface area (Å²) in [5, 5.41) is 4.64. The van der Waals surface area contributed by atoms with Crippen LogP contribution in [0.3, 0.4) is 0 Å². The molecule has 3 amide bonds. The highest BCUT2D eigenvalue weighted by Gasteiger charge is 2.36. The molecule has 0 saturated heterocycles. The van der Waals surface area contributed by atoms with Crippen molar-refractivity contribution in [2.24, 2.45) is 0 Å². The first kappa shape index (κ1) is 12.1.